The molecule has 0 fully saturated rings. The average molecular weight is 461 g/mol. The fourth-order valence-electron chi connectivity index (χ4n) is 2.88. The molecular weight excluding hydrogens is 440 g/mol. The molecule has 162 valence electrons. The normalized spacial score (nSPS) is 11.1. The summed E-state index contributed by atoms with van der Waals surface area (Å²) in [7, 11) is -2.23. The first-order valence-electron chi connectivity index (χ1n) is 9.19. The minimum atomic E-state index is -3.68. The van der Waals surface area contributed by atoms with Crippen molar-refractivity contribution in [3.8, 4) is 28.5 Å². The average Bonchev–Trinajstić information content (AvgIpc) is 2.71. The molecule has 0 saturated heterocycles. The van der Waals surface area contributed by atoms with Gasteiger partial charge in [0, 0.05) is 22.9 Å². The Kier molecular flexibility index (Phi) is 6.52. The largest absolute Gasteiger partial charge is 0.496 e. The van der Waals surface area contributed by atoms with Crippen LogP contribution < -0.4 is 14.2 Å². The van der Waals surface area contributed by atoms with Crippen LogP contribution in [0.2, 0.25) is 5.02 Å². The number of halogens is 1. The molecule has 0 unspecified atom stereocenters. The van der Waals surface area contributed by atoms with Crippen molar-refractivity contribution in [1.82, 2.24) is 9.71 Å². The van der Waals surface area contributed by atoms with Gasteiger partial charge in [0.15, 0.2) is 0 Å². The lowest BCUT2D eigenvalue weighted by atomic mass is 10.0. The van der Waals surface area contributed by atoms with Crippen molar-refractivity contribution in [3.05, 3.63) is 70.4 Å². The second kappa shape index (κ2) is 8.95. The molecule has 0 aliphatic rings. The van der Waals surface area contributed by atoms with E-state index < -0.39 is 15.9 Å². The molecule has 1 heterocycles. The van der Waals surface area contributed by atoms with E-state index in [1.54, 1.807) is 18.3 Å². The van der Waals surface area contributed by atoms with E-state index in [4.69, 9.17) is 21.1 Å². The lowest BCUT2D eigenvalue weighted by molar-refractivity contribution is 0.0981. The minimum Gasteiger partial charge on any atom is -0.496 e. The van der Waals surface area contributed by atoms with Crippen molar-refractivity contribution in [2.24, 2.45) is 0 Å². The van der Waals surface area contributed by atoms with E-state index in [0.717, 1.165) is 17.4 Å². The predicted octanol–water partition coefficient (Wildman–Crippen LogP) is 4.51. The number of aromatic nitrogens is 1. The summed E-state index contributed by atoms with van der Waals surface area (Å²) in [6, 6.07) is 12.0. The maximum absolute atomic E-state index is 12.1. The van der Waals surface area contributed by atoms with Gasteiger partial charge in [-0.3, -0.25) is 4.79 Å². The van der Waals surface area contributed by atoms with Gasteiger partial charge in [0.1, 0.15) is 16.5 Å². The Labute approximate surface area is 186 Å². The molecule has 1 amide bonds. The number of aryl methyl sites for hydroxylation is 1. The van der Waals surface area contributed by atoms with Gasteiger partial charge in [0.25, 0.3) is 5.91 Å². The molecule has 0 bridgehead atoms. The number of nitrogens with one attached hydrogen (secondary N) is 1. The topological polar surface area (TPSA) is 94.6 Å². The fraction of sp³-hybridized carbons (Fsp3) is 0.182. The highest BCUT2D eigenvalue weighted by Crippen LogP contribution is 2.36. The highest BCUT2D eigenvalue weighted by atomic mass is 35.5. The van der Waals surface area contributed by atoms with Crippen molar-refractivity contribution in [3.63, 3.8) is 0 Å². The van der Waals surface area contributed by atoms with Crippen LogP contribution in [-0.4, -0.2) is 32.7 Å². The number of hydrogen-bond donors (Lipinski definition) is 1. The van der Waals surface area contributed by atoms with Gasteiger partial charge in [0.2, 0.25) is 15.9 Å². The Balaban J connectivity index is 1.91. The number of amides is 1. The fourth-order valence-corrected chi connectivity index (χ4v) is 3.54. The molecule has 2 aromatic carbocycles. The number of sulfonamides is 1. The number of ether oxygens (including phenoxy) is 2. The molecule has 7 nitrogen and oxygen atoms in total. The van der Waals surface area contributed by atoms with E-state index >= 15 is 0 Å². The van der Waals surface area contributed by atoms with Crippen molar-refractivity contribution >= 4 is 27.5 Å². The second-order valence-electron chi connectivity index (χ2n) is 6.93. The number of methoxy groups -OCH3 is 1. The molecule has 3 rings (SSSR count). The summed E-state index contributed by atoms with van der Waals surface area (Å²) in [6.45, 7) is 3.95. The molecule has 0 aliphatic carbocycles. The maximum atomic E-state index is 12.1. The number of benzene rings is 2. The van der Waals surface area contributed by atoms with Gasteiger partial charge < -0.3 is 9.47 Å². The summed E-state index contributed by atoms with van der Waals surface area (Å²) in [4.78, 5) is 16.4. The van der Waals surface area contributed by atoms with Crippen LogP contribution >= 0.6 is 11.6 Å². The van der Waals surface area contributed by atoms with Gasteiger partial charge in [-0.05, 0) is 55.3 Å². The molecular formula is C22H21ClN2O5S. The Morgan fingerprint density at radius 2 is 1.84 bits per heavy atom. The molecule has 0 radical (unpaired) electrons. The standard InChI is InChI=1S/C22H21ClN2O5S/c1-13-6-5-7-19(14(13)2)30-22-18(23)10-16(12-24-22)17-9-8-15(11-20(17)29-3)21(26)25-31(4,27)28/h5-12H,1-4H3,(H,25,26). The lowest BCUT2D eigenvalue weighted by Gasteiger charge is -2.13. The molecule has 0 aliphatic heterocycles. The minimum absolute atomic E-state index is 0.139. The van der Waals surface area contributed by atoms with Crippen LogP contribution in [0.25, 0.3) is 11.1 Å². The summed E-state index contributed by atoms with van der Waals surface area (Å²) in [5.41, 5.74) is 3.50. The third-order valence-electron chi connectivity index (χ3n) is 4.62. The van der Waals surface area contributed by atoms with Crippen LogP contribution in [0.3, 0.4) is 0 Å². The molecule has 0 spiro atoms. The Hall–Kier alpha value is -3.10. The van der Waals surface area contributed by atoms with Gasteiger partial charge in [0.05, 0.1) is 13.4 Å². The molecule has 1 aromatic heterocycles. The van der Waals surface area contributed by atoms with Gasteiger partial charge >= 0.3 is 0 Å². The zero-order chi connectivity index (χ0) is 22.8. The number of carbonyl (C=O) groups excluding carboxylic acids is 1. The number of pyridine rings is 1. The third-order valence-corrected chi connectivity index (χ3v) is 5.45. The van der Waals surface area contributed by atoms with E-state index in [2.05, 4.69) is 4.98 Å². The van der Waals surface area contributed by atoms with Crippen molar-refractivity contribution in [1.29, 1.82) is 0 Å². The highest BCUT2D eigenvalue weighted by Gasteiger charge is 2.16. The van der Waals surface area contributed by atoms with Crippen LogP contribution in [-0.2, 0) is 10.0 Å². The van der Waals surface area contributed by atoms with Gasteiger partial charge in [-0.1, -0.05) is 23.7 Å². The summed E-state index contributed by atoms with van der Waals surface area (Å²) in [6.07, 6.45) is 2.49. The molecule has 3 aromatic rings. The third kappa shape index (κ3) is 5.34. The zero-order valence-corrected chi connectivity index (χ0v) is 19.0. The van der Waals surface area contributed by atoms with Crippen LogP contribution in [0.1, 0.15) is 21.5 Å². The van der Waals surface area contributed by atoms with E-state index in [0.29, 0.717) is 27.6 Å². The quantitative estimate of drug-likeness (QED) is 0.581. The first kappa shape index (κ1) is 22.6. The first-order chi connectivity index (χ1) is 14.6. The van der Waals surface area contributed by atoms with Crippen LogP contribution in [0.15, 0.2) is 48.7 Å². The predicted molar refractivity (Wildman–Crippen MR) is 120 cm³/mol. The van der Waals surface area contributed by atoms with E-state index in [1.807, 2.05) is 36.8 Å². The van der Waals surface area contributed by atoms with E-state index in [1.165, 1.54) is 19.2 Å². The van der Waals surface area contributed by atoms with E-state index in [9.17, 15) is 13.2 Å². The summed E-state index contributed by atoms with van der Waals surface area (Å²) in [5.74, 6) is 0.547. The van der Waals surface area contributed by atoms with Gasteiger partial charge in [-0.2, -0.15) is 0 Å². The number of hydrogen-bond acceptors (Lipinski definition) is 6. The van der Waals surface area contributed by atoms with Crippen LogP contribution in [0.4, 0.5) is 0 Å². The number of carbonyl (C=O) groups is 1. The SMILES string of the molecule is COc1cc(C(=O)NS(C)(=O)=O)ccc1-c1cnc(Oc2cccc(C)c2C)c(Cl)c1. The number of rotatable bonds is 6. The van der Waals surface area contributed by atoms with Crippen LogP contribution in [0.5, 0.6) is 17.4 Å². The number of nitrogens with zero attached hydrogens (tertiary/aromatic N) is 1. The second-order valence-corrected chi connectivity index (χ2v) is 9.09. The van der Waals surface area contributed by atoms with E-state index in [-0.39, 0.29) is 11.4 Å². The van der Waals surface area contributed by atoms with Gasteiger partial charge in [-0.15, -0.1) is 0 Å². The summed E-state index contributed by atoms with van der Waals surface area (Å²) < 4.78 is 35.8. The molecule has 9 heteroatoms. The first-order valence-corrected chi connectivity index (χ1v) is 11.5. The van der Waals surface area contributed by atoms with Crippen molar-refractivity contribution in [2.75, 3.05) is 13.4 Å². The van der Waals surface area contributed by atoms with Crippen molar-refractivity contribution in [2.45, 2.75) is 13.8 Å². The molecule has 0 saturated carbocycles. The zero-order valence-electron chi connectivity index (χ0n) is 17.4. The summed E-state index contributed by atoms with van der Waals surface area (Å²) in [5, 5.41) is 0.305. The molecule has 1 N–H and O–H groups in total. The maximum Gasteiger partial charge on any atom is 0.264 e. The van der Waals surface area contributed by atoms with Crippen LogP contribution in [0, 0.1) is 13.8 Å². The Morgan fingerprint density at radius 1 is 1.10 bits per heavy atom. The monoisotopic (exact) mass is 460 g/mol. The smallest absolute Gasteiger partial charge is 0.264 e. The van der Waals surface area contributed by atoms with Crippen molar-refractivity contribution < 1.29 is 22.7 Å². The van der Waals surface area contributed by atoms with Gasteiger partial charge in [-0.25, -0.2) is 18.1 Å². The Bertz CT molecular complexity index is 1260. The molecule has 0 atom stereocenters. The summed E-state index contributed by atoms with van der Waals surface area (Å²) >= 11 is 6.41. The molecule has 31 heavy (non-hydrogen) atoms. The Morgan fingerprint density at radius 3 is 2.48 bits per heavy atom. The lowest BCUT2D eigenvalue weighted by Crippen LogP contribution is -2.29. The highest BCUT2D eigenvalue weighted by molar-refractivity contribution is 7.89.